The van der Waals surface area contributed by atoms with Crippen molar-refractivity contribution in [1.82, 2.24) is 9.97 Å². The number of hydrogen-bond acceptors (Lipinski definition) is 8. The molecule has 0 spiro atoms. The fraction of sp³-hybridized carbons (Fsp3) is 0.441. The Bertz CT molecular complexity index is 1790. The Kier molecular flexibility index (Phi) is 10.0. The minimum absolute atomic E-state index is 0.0209. The van der Waals surface area contributed by atoms with E-state index >= 15 is 0 Å². The third-order valence-electron chi connectivity index (χ3n) is 9.40. The predicted octanol–water partition coefficient (Wildman–Crippen LogP) is 7.03. The van der Waals surface area contributed by atoms with Crippen LogP contribution in [0, 0.1) is 17.2 Å². The van der Waals surface area contributed by atoms with E-state index in [9.17, 15) is 46.3 Å². The Morgan fingerprint density at radius 3 is 2.22 bits per heavy atom. The first-order valence-electron chi connectivity index (χ1n) is 15.9. The van der Waals surface area contributed by atoms with Gasteiger partial charge in [-0.2, -0.15) is 31.6 Å². The molecule has 1 unspecified atom stereocenters. The normalized spacial score (nSPS) is 20.5. The molecule has 16 heteroatoms. The number of rotatable bonds is 7. The van der Waals surface area contributed by atoms with Gasteiger partial charge in [0.05, 0.1) is 70.6 Å². The number of carbonyl (C=O) groups excluding carboxylic acids is 1. The first-order chi connectivity index (χ1) is 23.5. The number of carboxylic acid groups (broad SMARTS) is 1. The second kappa shape index (κ2) is 13.8. The van der Waals surface area contributed by atoms with Crippen LogP contribution in [-0.4, -0.2) is 52.5 Å². The van der Waals surface area contributed by atoms with Crippen LogP contribution in [-0.2, 0) is 21.9 Å². The average Bonchev–Trinajstić information content (AvgIpc) is 3.07. The van der Waals surface area contributed by atoms with E-state index in [1.165, 1.54) is 18.5 Å². The minimum atomic E-state index is -4.88. The molecule has 10 nitrogen and oxygen atoms in total. The Labute approximate surface area is 283 Å². The van der Waals surface area contributed by atoms with Gasteiger partial charge in [0.1, 0.15) is 5.82 Å². The van der Waals surface area contributed by atoms with Crippen molar-refractivity contribution in [3.8, 4) is 6.07 Å². The molecule has 5 rings (SSSR count). The maximum atomic E-state index is 14.2. The van der Waals surface area contributed by atoms with Gasteiger partial charge in [0, 0.05) is 19.0 Å². The first kappa shape index (κ1) is 36.4. The summed E-state index contributed by atoms with van der Waals surface area (Å²) in [5.74, 6) is -3.88. The molecule has 0 radical (unpaired) electrons. The number of carboxylic acids is 1. The van der Waals surface area contributed by atoms with Gasteiger partial charge in [0.2, 0.25) is 0 Å². The van der Waals surface area contributed by atoms with Crippen LogP contribution in [0.4, 0.5) is 42.5 Å². The fourth-order valence-corrected chi connectivity index (χ4v) is 6.78. The summed E-state index contributed by atoms with van der Waals surface area (Å²) in [5, 5.41) is 19.1. The van der Waals surface area contributed by atoms with Gasteiger partial charge in [-0.15, -0.1) is 0 Å². The molecular weight excluding hydrogens is 670 g/mol. The number of carbonyl (C=O) groups is 2. The summed E-state index contributed by atoms with van der Waals surface area (Å²) < 4.78 is 90.1. The maximum absolute atomic E-state index is 14.2. The highest BCUT2D eigenvalue weighted by molar-refractivity contribution is 5.91. The largest absolute Gasteiger partial charge is 0.481 e. The molecule has 1 fully saturated rings. The lowest BCUT2D eigenvalue weighted by atomic mass is 9.71. The van der Waals surface area contributed by atoms with Gasteiger partial charge in [-0.3, -0.25) is 9.69 Å². The number of hydrogen-bond donors (Lipinski definition) is 2. The van der Waals surface area contributed by atoms with Gasteiger partial charge in [-0.05, 0) is 80.1 Å². The summed E-state index contributed by atoms with van der Waals surface area (Å²) in [7, 11) is 0. The molecule has 1 amide bonds. The number of benzene rings is 2. The SMILES string of the molecule is CCOC(=O)N1c2ccc(C(F)(F)F)cc2[C@H](C(c2cc(C#N)cc(C(F)(F)F)c2)c2ncc(N3CCC(C(=O)O)CC3)cn2)C[C@@]1(N)CC. The van der Waals surface area contributed by atoms with E-state index < -0.39 is 59.0 Å². The van der Waals surface area contributed by atoms with Crippen molar-refractivity contribution in [3.05, 3.63) is 82.4 Å². The summed E-state index contributed by atoms with van der Waals surface area (Å²) in [4.78, 5) is 36.7. The van der Waals surface area contributed by atoms with Crippen molar-refractivity contribution in [2.24, 2.45) is 11.7 Å². The molecule has 0 saturated carbocycles. The van der Waals surface area contributed by atoms with E-state index in [1.807, 2.05) is 4.90 Å². The van der Waals surface area contributed by atoms with Crippen LogP contribution in [0.1, 0.15) is 85.0 Å². The van der Waals surface area contributed by atoms with Gasteiger partial charge in [-0.1, -0.05) is 6.92 Å². The number of nitrogens with two attached hydrogens (primary N) is 1. The summed E-state index contributed by atoms with van der Waals surface area (Å²) in [6.07, 6.45) is -7.19. The third kappa shape index (κ3) is 7.18. The van der Waals surface area contributed by atoms with Gasteiger partial charge in [0.15, 0.2) is 0 Å². The van der Waals surface area contributed by atoms with E-state index in [-0.39, 0.29) is 47.7 Å². The summed E-state index contributed by atoms with van der Waals surface area (Å²) >= 11 is 0. The van der Waals surface area contributed by atoms with Crippen LogP contribution in [0.15, 0.2) is 48.8 Å². The Morgan fingerprint density at radius 1 is 1.04 bits per heavy atom. The molecule has 2 aliphatic rings. The van der Waals surface area contributed by atoms with Crippen LogP contribution in [0.2, 0.25) is 0 Å². The summed E-state index contributed by atoms with van der Waals surface area (Å²) in [6.45, 7) is 3.91. The van der Waals surface area contributed by atoms with E-state index in [0.717, 1.165) is 29.2 Å². The number of amides is 1. The molecule has 0 bridgehead atoms. The lowest BCUT2D eigenvalue weighted by molar-refractivity contribution is -0.142. The van der Waals surface area contributed by atoms with Crippen LogP contribution in [0.3, 0.4) is 0 Å². The zero-order valence-corrected chi connectivity index (χ0v) is 27.1. The number of nitriles is 1. The Morgan fingerprint density at radius 2 is 1.68 bits per heavy atom. The topological polar surface area (TPSA) is 146 Å². The van der Waals surface area contributed by atoms with Crippen molar-refractivity contribution in [3.63, 3.8) is 0 Å². The van der Waals surface area contributed by atoms with Crippen LogP contribution in [0.25, 0.3) is 0 Å². The zero-order chi connectivity index (χ0) is 36.6. The molecule has 3 N–H and O–H groups in total. The van der Waals surface area contributed by atoms with Gasteiger partial charge in [0.25, 0.3) is 0 Å². The van der Waals surface area contributed by atoms with Gasteiger partial charge in [-0.25, -0.2) is 14.8 Å². The maximum Gasteiger partial charge on any atom is 0.416 e. The van der Waals surface area contributed by atoms with Crippen molar-refractivity contribution >= 4 is 23.4 Å². The number of aliphatic carboxylic acids is 1. The number of fused-ring (bicyclic) bond motifs is 1. The molecule has 266 valence electrons. The molecule has 3 atom stereocenters. The van der Waals surface area contributed by atoms with Crippen molar-refractivity contribution < 1.29 is 45.8 Å². The van der Waals surface area contributed by atoms with Crippen LogP contribution < -0.4 is 15.5 Å². The third-order valence-corrected chi connectivity index (χ3v) is 9.40. The lowest BCUT2D eigenvalue weighted by Crippen LogP contribution is -2.62. The number of anilines is 2. The number of aromatic nitrogens is 2. The van der Waals surface area contributed by atoms with Crippen molar-refractivity contribution in [2.75, 3.05) is 29.5 Å². The number of nitrogens with zero attached hydrogens (tertiary/aromatic N) is 5. The summed E-state index contributed by atoms with van der Waals surface area (Å²) in [6, 6.07) is 7.15. The Hall–Kier alpha value is -4.91. The highest BCUT2D eigenvalue weighted by Gasteiger charge is 2.49. The van der Waals surface area contributed by atoms with Gasteiger partial charge < -0.3 is 20.5 Å². The Balaban J connectivity index is 1.73. The first-order valence-corrected chi connectivity index (χ1v) is 15.9. The number of ether oxygens (including phenoxy) is 1. The number of halogens is 6. The van der Waals surface area contributed by atoms with Crippen molar-refractivity contribution in [2.45, 2.75) is 69.4 Å². The van der Waals surface area contributed by atoms with E-state index in [2.05, 4.69) is 9.97 Å². The predicted molar refractivity (Wildman–Crippen MR) is 168 cm³/mol. The molecular formula is C34H34F6N6O4. The van der Waals surface area contributed by atoms with Crippen molar-refractivity contribution in [1.29, 1.82) is 5.26 Å². The highest BCUT2D eigenvalue weighted by atomic mass is 19.4. The molecule has 2 aromatic carbocycles. The number of piperidine rings is 1. The molecule has 1 saturated heterocycles. The monoisotopic (exact) mass is 704 g/mol. The molecule has 50 heavy (non-hydrogen) atoms. The molecule has 1 aromatic heterocycles. The molecule has 2 aliphatic heterocycles. The zero-order valence-electron chi connectivity index (χ0n) is 27.1. The van der Waals surface area contributed by atoms with E-state index in [4.69, 9.17) is 10.5 Å². The standard InChI is InChI=1S/C34H34F6N6O4/c1-3-32(42)15-26(25-14-22(33(35,36)37)5-6-27(25)46(32)31(49)50-4-2)28(21-11-19(16-41)12-23(13-21)34(38,39)40)29-43-17-24(18-44-29)45-9-7-20(8-10-45)30(47)48/h5-6,11-14,17-18,20,26,28H,3-4,7-10,15,42H2,1-2H3,(H,47,48)/t26-,28?,32-/m1/s1. The van der Waals surface area contributed by atoms with Crippen LogP contribution >= 0.6 is 0 Å². The molecule has 0 aliphatic carbocycles. The minimum Gasteiger partial charge on any atom is -0.481 e. The van der Waals surface area contributed by atoms with E-state index in [0.29, 0.717) is 37.7 Å². The lowest BCUT2D eigenvalue weighted by Gasteiger charge is -2.48. The highest BCUT2D eigenvalue weighted by Crippen LogP contribution is 2.52. The molecule has 3 heterocycles. The smallest absolute Gasteiger partial charge is 0.416 e. The van der Waals surface area contributed by atoms with E-state index in [1.54, 1.807) is 19.9 Å². The quantitative estimate of drug-likeness (QED) is 0.248. The van der Waals surface area contributed by atoms with Crippen LogP contribution in [0.5, 0.6) is 0 Å². The average molecular weight is 705 g/mol. The summed E-state index contributed by atoms with van der Waals surface area (Å²) in [5.41, 5.74) is 3.06. The second-order valence-corrected chi connectivity index (χ2v) is 12.4. The number of alkyl halides is 6. The van der Waals surface area contributed by atoms with Gasteiger partial charge >= 0.3 is 24.4 Å². The molecule has 3 aromatic rings. The second-order valence-electron chi connectivity index (χ2n) is 12.4. The fourth-order valence-electron chi connectivity index (χ4n) is 6.78.